The fourth-order valence-corrected chi connectivity index (χ4v) is 1.11. The van der Waals surface area contributed by atoms with E-state index in [2.05, 4.69) is 5.32 Å². The minimum absolute atomic E-state index is 0.280. The maximum absolute atomic E-state index is 11.4. The Morgan fingerprint density at radius 1 is 1.40 bits per heavy atom. The topological polar surface area (TPSA) is 92.4 Å². The fraction of sp³-hybridized carbons (Fsp3) is 0.800. The zero-order chi connectivity index (χ0) is 12.0. The van der Waals surface area contributed by atoms with Crippen molar-refractivity contribution < 1.29 is 14.7 Å². The van der Waals surface area contributed by atoms with Crippen molar-refractivity contribution in [3.63, 3.8) is 0 Å². The monoisotopic (exact) mass is 216 g/mol. The molecule has 0 aliphatic carbocycles. The van der Waals surface area contributed by atoms with Crippen LogP contribution in [0, 0.1) is 5.92 Å². The lowest BCUT2D eigenvalue weighted by molar-refractivity contribution is -0.142. The number of carboxylic acid groups (broad SMARTS) is 1. The largest absolute Gasteiger partial charge is 0.481 e. The van der Waals surface area contributed by atoms with Crippen LogP contribution in [0.5, 0.6) is 0 Å². The third-order valence-corrected chi connectivity index (χ3v) is 2.45. The predicted molar refractivity (Wildman–Crippen MR) is 57.3 cm³/mol. The van der Waals surface area contributed by atoms with Gasteiger partial charge in [-0.15, -0.1) is 0 Å². The predicted octanol–water partition coefficient (Wildman–Crippen LogP) is 0.339. The number of amides is 1. The zero-order valence-corrected chi connectivity index (χ0v) is 9.49. The Morgan fingerprint density at radius 2 is 1.93 bits per heavy atom. The highest BCUT2D eigenvalue weighted by atomic mass is 16.4. The second kappa shape index (κ2) is 6.40. The van der Waals surface area contributed by atoms with Crippen molar-refractivity contribution in [2.45, 2.75) is 45.7 Å². The average Bonchev–Trinajstić information content (AvgIpc) is 2.16. The van der Waals surface area contributed by atoms with E-state index in [0.29, 0.717) is 6.42 Å². The summed E-state index contributed by atoms with van der Waals surface area (Å²) in [6.07, 6.45) is 1.44. The smallest absolute Gasteiger partial charge is 0.308 e. The van der Waals surface area contributed by atoms with E-state index in [0.717, 1.165) is 6.42 Å². The van der Waals surface area contributed by atoms with Gasteiger partial charge in [-0.05, 0) is 20.3 Å². The van der Waals surface area contributed by atoms with E-state index in [-0.39, 0.29) is 5.91 Å². The van der Waals surface area contributed by atoms with E-state index in [1.54, 1.807) is 13.8 Å². The summed E-state index contributed by atoms with van der Waals surface area (Å²) in [6.45, 7) is 5.16. The van der Waals surface area contributed by atoms with E-state index < -0.39 is 24.0 Å². The fourth-order valence-electron chi connectivity index (χ4n) is 1.11. The number of nitrogens with one attached hydrogen (secondary N) is 1. The number of carboxylic acids is 1. The number of rotatable bonds is 6. The van der Waals surface area contributed by atoms with Crippen LogP contribution in [-0.2, 0) is 9.59 Å². The molecule has 88 valence electrons. The summed E-state index contributed by atoms with van der Waals surface area (Å²) in [4.78, 5) is 22.1. The van der Waals surface area contributed by atoms with Crippen LogP contribution in [0.4, 0.5) is 0 Å². The molecule has 5 heteroatoms. The number of nitrogens with two attached hydrogens (primary N) is 1. The number of carbonyl (C=O) groups is 2. The van der Waals surface area contributed by atoms with Gasteiger partial charge in [0.2, 0.25) is 5.91 Å². The van der Waals surface area contributed by atoms with E-state index in [1.165, 1.54) is 0 Å². The molecule has 0 bridgehead atoms. The second-order valence-electron chi connectivity index (χ2n) is 3.82. The molecule has 0 aromatic rings. The summed E-state index contributed by atoms with van der Waals surface area (Å²) in [5.41, 5.74) is 5.59. The highest BCUT2D eigenvalue weighted by Gasteiger charge is 2.22. The van der Waals surface area contributed by atoms with Crippen LogP contribution >= 0.6 is 0 Å². The molecule has 4 N–H and O–H groups in total. The molecular weight excluding hydrogens is 196 g/mol. The minimum atomic E-state index is -0.924. The van der Waals surface area contributed by atoms with Crippen molar-refractivity contribution >= 4 is 11.9 Å². The Kier molecular flexibility index (Phi) is 5.93. The van der Waals surface area contributed by atoms with E-state index in [4.69, 9.17) is 10.8 Å². The second-order valence-corrected chi connectivity index (χ2v) is 3.82. The summed E-state index contributed by atoms with van der Waals surface area (Å²) in [6, 6.07) is -0.948. The summed E-state index contributed by atoms with van der Waals surface area (Å²) < 4.78 is 0. The van der Waals surface area contributed by atoms with Crippen molar-refractivity contribution in [1.82, 2.24) is 5.32 Å². The Bertz CT molecular complexity index is 231. The van der Waals surface area contributed by atoms with Crippen LogP contribution in [0.3, 0.4) is 0 Å². The number of hydrogen-bond donors (Lipinski definition) is 3. The summed E-state index contributed by atoms with van der Waals surface area (Å²) in [5.74, 6) is -1.81. The van der Waals surface area contributed by atoms with Gasteiger partial charge in [-0.3, -0.25) is 9.59 Å². The van der Waals surface area contributed by atoms with Crippen molar-refractivity contribution in [3.8, 4) is 0 Å². The Balaban J connectivity index is 4.11. The van der Waals surface area contributed by atoms with Gasteiger partial charge < -0.3 is 16.2 Å². The number of carbonyl (C=O) groups excluding carboxylic acids is 1. The summed E-state index contributed by atoms with van der Waals surface area (Å²) in [7, 11) is 0. The molecule has 0 spiro atoms. The normalized spacial score (nSPS) is 16.5. The van der Waals surface area contributed by atoms with Crippen molar-refractivity contribution in [3.05, 3.63) is 0 Å². The van der Waals surface area contributed by atoms with Gasteiger partial charge in [0.05, 0.1) is 12.0 Å². The van der Waals surface area contributed by atoms with Gasteiger partial charge in [-0.1, -0.05) is 13.3 Å². The molecule has 0 aromatic carbocycles. The van der Waals surface area contributed by atoms with Crippen LogP contribution in [0.15, 0.2) is 0 Å². The summed E-state index contributed by atoms with van der Waals surface area (Å²) in [5, 5.41) is 11.3. The van der Waals surface area contributed by atoms with Gasteiger partial charge in [0.25, 0.3) is 0 Å². The van der Waals surface area contributed by atoms with Gasteiger partial charge in [0, 0.05) is 6.04 Å². The van der Waals surface area contributed by atoms with Gasteiger partial charge in [-0.25, -0.2) is 0 Å². The molecule has 0 aliphatic rings. The molecular formula is C10H20N2O3. The molecule has 15 heavy (non-hydrogen) atoms. The highest BCUT2D eigenvalue weighted by Crippen LogP contribution is 2.03. The summed E-state index contributed by atoms with van der Waals surface area (Å²) >= 11 is 0. The molecule has 0 aliphatic heterocycles. The van der Waals surface area contributed by atoms with Crippen LogP contribution in [0.1, 0.15) is 33.6 Å². The van der Waals surface area contributed by atoms with Gasteiger partial charge in [-0.2, -0.15) is 0 Å². The first-order chi connectivity index (χ1) is 6.90. The zero-order valence-electron chi connectivity index (χ0n) is 9.49. The van der Waals surface area contributed by atoms with E-state index in [9.17, 15) is 9.59 Å². The van der Waals surface area contributed by atoms with Crippen LogP contribution in [-0.4, -0.2) is 29.1 Å². The highest BCUT2D eigenvalue weighted by molar-refractivity contribution is 5.82. The molecule has 1 amide bonds. The lowest BCUT2D eigenvalue weighted by Gasteiger charge is -2.20. The minimum Gasteiger partial charge on any atom is -0.481 e. The molecule has 3 atom stereocenters. The molecule has 0 saturated heterocycles. The number of hydrogen-bond acceptors (Lipinski definition) is 3. The first-order valence-corrected chi connectivity index (χ1v) is 5.18. The van der Waals surface area contributed by atoms with E-state index in [1.807, 2.05) is 6.92 Å². The average molecular weight is 216 g/mol. The number of aliphatic carboxylic acids is 1. The van der Waals surface area contributed by atoms with Gasteiger partial charge in [0.1, 0.15) is 0 Å². The van der Waals surface area contributed by atoms with Crippen molar-refractivity contribution in [2.75, 3.05) is 0 Å². The Hall–Kier alpha value is -1.10. The molecule has 0 saturated carbocycles. The lowest BCUT2D eigenvalue weighted by Crippen LogP contribution is -2.47. The van der Waals surface area contributed by atoms with E-state index >= 15 is 0 Å². The Morgan fingerprint density at radius 3 is 2.33 bits per heavy atom. The van der Waals surface area contributed by atoms with Gasteiger partial charge in [0.15, 0.2) is 0 Å². The van der Waals surface area contributed by atoms with Crippen LogP contribution < -0.4 is 11.1 Å². The third-order valence-electron chi connectivity index (χ3n) is 2.45. The molecule has 0 fully saturated rings. The molecule has 2 unspecified atom stereocenters. The molecule has 0 aromatic heterocycles. The molecule has 0 radical (unpaired) electrons. The maximum Gasteiger partial charge on any atom is 0.308 e. The standard InChI is InChI=1S/C10H20N2O3/c1-4-5-8(11)9(13)12-7(3)6(2)10(14)15/h6-8H,4-5,11H2,1-3H3,(H,12,13)(H,14,15)/t6?,7?,8-/m0/s1. The van der Waals surface area contributed by atoms with Crippen LogP contribution in [0.25, 0.3) is 0 Å². The van der Waals surface area contributed by atoms with Crippen LogP contribution in [0.2, 0.25) is 0 Å². The van der Waals surface area contributed by atoms with Crippen molar-refractivity contribution in [2.24, 2.45) is 11.7 Å². The SMILES string of the molecule is CCC[C@H](N)C(=O)NC(C)C(C)C(=O)O. The molecule has 0 heterocycles. The third kappa shape index (κ3) is 4.78. The van der Waals surface area contributed by atoms with Crippen molar-refractivity contribution in [1.29, 1.82) is 0 Å². The first kappa shape index (κ1) is 13.9. The Labute approximate surface area is 90.0 Å². The molecule has 0 rings (SSSR count). The molecule has 5 nitrogen and oxygen atoms in total. The lowest BCUT2D eigenvalue weighted by atomic mass is 10.0. The quantitative estimate of drug-likeness (QED) is 0.597. The first-order valence-electron chi connectivity index (χ1n) is 5.18. The van der Waals surface area contributed by atoms with Gasteiger partial charge >= 0.3 is 5.97 Å². The maximum atomic E-state index is 11.4.